The number of hydrogen-bond acceptors (Lipinski definition) is 10. The van der Waals surface area contributed by atoms with Gasteiger partial charge in [0.25, 0.3) is 0 Å². The van der Waals surface area contributed by atoms with Crippen molar-refractivity contribution in [3.63, 3.8) is 0 Å². The maximum atomic E-state index is 8.35. The Morgan fingerprint density at radius 3 is 1.05 bits per heavy atom. The summed E-state index contributed by atoms with van der Waals surface area (Å²) in [5, 5.41) is 10.8. The highest BCUT2D eigenvalue weighted by Gasteiger charge is 2.23. The molecule has 204 valence electrons. The minimum Gasteiger partial charge on any atom is -0.497 e. The van der Waals surface area contributed by atoms with Gasteiger partial charge in [-0.15, -0.1) is 0 Å². The predicted octanol–water partition coefficient (Wildman–Crippen LogP) is 4.16. The molecule has 0 atom stereocenters. The van der Waals surface area contributed by atoms with E-state index in [1.54, 1.807) is 38.5 Å². The first kappa shape index (κ1) is 33.8. The van der Waals surface area contributed by atoms with Crippen molar-refractivity contribution in [2.75, 3.05) is 25.7 Å². The first-order valence-electron chi connectivity index (χ1n) is 11.3. The van der Waals surface area contributed by atoms with Crippen LogP contribution in [0.15, 0.2) is 109 Å². The summed E-state index contributed by atoms with van der Waals surface area (Å²) >= 11 is 0. The van der Waals surface area contributed by atoms with Crippen LogP contribution >= 0.6 is 0 Å². The zero-order valence-electron chi connectivity index (χ0n) is 21.8. The van der Waals surface area contributed by atoms with Crippen LogP contribution in [0, 0.1) is 10.8 Å². The second-order valence-electron chi connectivity index (χ2n) is 7.35. The van der Waals surface area contributed by atoms with E-state index in [2.05, 4.69) is 0 Å². The topological polar surface area (TPSA) is 204 Å². The van der Waals surface area contributed by atoms with Crippen molar-refractivity contribution in [2.45, 2.75) is 5.66 Å². The molecule has 0 bridgehead atoms. The summed E-state index contributed by atoms with van der Waals surface area (Å²) in [6.45, 7) is 0. The second-order valence-corrected chi connectivity index (χ2v) is 7.35. The standard InChI is InChI=1S/C13H14N2.2C7H9NO.2CHNO/c14-13(15,11-7-3-1-4-8-11)12-9-5-2-6-10-12;2*1-9-7-4-2-6(8)3-5-7;2*2-1-3/h1-10H,14-15H2;2*2-5H,8H2,1H3;2*2H. The Morgan fingerprint density at radius 1 is 0.564 bits per heavy atom. The molecule has 39 heavy (non-hydrogen) atoms. The van der Waals surface area contributed by atoms with Crippen LogP contribution in [0.3, 0.4) is 0 Å². The van der Waals surface area contributed by atoms with Gasteiger partial charge in [-0.2, -0.15) is 0 Å². The second kappa shape index (κ2) is 19.9. The number of ether oxygens (including phenoxy) is 2. The minimum atomic E-state index is -0.914. The molecule has 0 aliphatic heterocycles. The molecular formula is C29H34N6O4. The molecule has 0 aliphatic carbocycles. The molecular weight excluding hydrogens is 496 g/mol. The van der Waals surface area contributed by atoms with E-state index in [4.69, 9.17) is 52.8 Å². The molecule has 0 saturated heterocycles. The van der Waals surface area contributed by atoms with E-state index >= 15 is 0 Å². The number of methoxy groups -OCH3 is 2. The van der Waals surface area contributed by atoms with Gasteiger partial charge in [0.15, 0.2) is 0 Å². The van der Waals surface area contributed by atoms with Crippen molar-refractivity contribution in [3.05, 3.63) is 120 Å². The van der Waals surface area contributed by atoms with Crippen LogP contribution in [0.1, 0.15) is 11.1 Å². The summed E-state index contributed by atoms with van der Waals surface area (Å²) < 4.78 is 9.83. The molecule has 0 spiro atoms. The molecule has 0 radical (unpaired) electrons. The van der Waals surface area contributed by atoms with Gasteiger partial charge in [-0.05, 0) is 59.7 Å². The van der Waals surface area contributed by atoms with Crippen molar-refractivity contribution in [2.24, 2.45) is 11.5 Å². The summed E-state index contributed by atoms with van der Waals surface area (Å²) in [6.07, 6.45) is 1.50. The third-order valence-corrected chi connectivity index (χ3v) is 4.73. The molecule has 4 aromatic carbocycles. The van der Waals surface area contributed by atoms with Gasteiger partial charge in [-0.25, -0.2) is 20.4 Å². The van der Waals surface area contributed by atoms with E-state index in [-0.39, 0.29) is 0 Å². The lowest BCUT2D eigenvalue weighted by Gasteiger charge is -2.25. The van der Waals surface area contributed by atoms with E-state index in [1.807, 2.05) is 84.9 Å². The number of nitrogens with two attached hydrogens (primary N) is 4. The molecule has 0 saturated carbocycles. The van der Waals surface area contributed by atoms with Crippen molar-refractivity contribution < 1.29 is 19.1 Å². The van der Waals surface area contributed by atoms with Crippen molar-refractivity contribution in [3.8, 4) is 11.5 Å². The molecule has 0 aromatic heterocycles. The van der Waals surface area contributed by atoms with E-state index in [1.165, 1.54) is 0 Å². The smallest absolute Gasteiger partial charge is 0.231 e. The molecule has 4 rings (SSSR count). The number of rotatable bonds is 4. The number of isocyanates is 2. The third-order valence-electron chi connectivity index (χ3n) is 4.73. The highest BCUT2D eigenvalue weighted by molar-refractivity contribution is 5.42. The van der Waals surface area contributed by atoms with Gasteiger partial charge < -0.3 is 32.4 Å². The molecule has 0 fully saturated rings. The summed E-state index contributed by atoms with van der Waals surface area (Å²) in [6, 6.07) is 33.9. The van der Waals surface area contributed by atoms with Crippen LogP contribution in [0.5, 0.6) is 11.5 Å². The van der Waals surface area contributed by atoms with E-state index < -0.39 is 5.66 Å². The maximum absolute atomic E-state index is 8.35. The first-order valence-corrected chi connectivity index (χ1v) is 11.3. The van der Waals surface area contributed by atoms with E-state index in [0.717, 1.165) is 46.2 Å². The molecule has 0 unspecified atom stereocenters. The van der Waals surface area contributed by atoms with Crippen LogP contribution in [0.25, 0.3) is 0 Å². The van der Waals surface area contributed by atoms with Crippen LogP contribution < -0.4 is 32.4 Å². The fourth-order valence-electron chi connectivity index (χ4n) is 2.80. The number of nitrogens with one attached hydrogen (secondary N) is 2. The Balaban J connectivity index is 0.000000524. The molecule has 10 N–H and O–H groups in total. The Hall–Kier alpha value is -5.24. The fraction of sp³-hybridized carbons (Fsp3) is 0.103. The molecule has 0 amide bonds. The first-order chi connectivity index (χ1) is 18.7. The summed E-state index contributed by atoms with van der Waals surface area (Å²) in [4.78, 5) is 16.7. The average Bonchev–Trinajstić information content (AvgIpc) is 2.96. The zero-order chi connectivity index (χ0) is 29.5. The Morgan fingerprint density at radius 2 is 0.821 bits per heavy atom. The summed E-state index contributed by atoms with van der Waals surface area (Å²) in [5.74, 6) is 1.67. The Kier molecular flexibility index (Phi) is 17.2. The number of carbonyl (C=O) groups excluding carboxylic acids is 2. The van der Waals surface area contributed by atoms with Gasteiger partial charge in [-0.1, -0.05) is 60.7 Å². The SMILES string of the molecule is COc1ccc(N)cc1.COc1ccc(N)cc1.N=C=O.N=C=O.NC(N)(c1ccccc1)c1ccccc1. The fourth-order valence-corrected chi connectivity index (χ4v) is 2.80. The van der Waals surface area contributed by atoms with Gasteiger partial charge in [-0.3, -0.25) is 0 Å². The van der Waals surface area contributed by atoms with Crippen molar-refractivity contribution in [1.29, 1.82) is 10.8 Å². The van der Waals surface area contributed by atoms with E-state index in [0.29, 0.717) is 0 Å². The van der Waals surface area contributed by atoms with Crippen LogP contribution in [0.4, 0.5) is 11.4 Å². The van der Waals surface area contributed by atoms with E-state index in [9.17, 15) is 0 Å². The van der Waals surface area contributed by atoms with Gasteiger partial charge in [0, 0.05) is 11.4 Å². The molecule has 0 heterocycles. The zero-order valence-corrected chi connectivity index (χ0v) is 21.8. The molecule has 10 nitrogen and oxygen atoms in total. The molecule has 4 aromatic rings. The number of anilines is 2. The number of nitrogen functional groups attached to an aromatic ring is 2. The minimum absolute atomic E-state index is 0.750. The predicted molar refractivity (Wildman–Crippen MR) is 154 cm³/mol. The number of benzene rings is 4. The Labute approximate surface area is 228 Å². The van der Waals surface area contributed by atoms with Crippen molar-refractivity contribution >= 4 is 23.5 Å². The monoisotopic (exact) mass is 530 g/mol. The normalized spacial score (nSPS) is 8.92. The third kappa shape index (κ3) is 14.2. The largest absolute Gasteiger partial charge is 0.497 e. The van der Waals surface area contributed by atoms with Crippen LogP contribution in [-0.2, 0) is 15.3 Å². The number of hydrogen-bond donors (Lipinski definition) is 6. The molecule has 0 aliphatic rings. The Bertz CT molecular complexity index is 1140. The van der Waals surface area contributed by atoms with Gasteiger partial charge in [0.1, 0.15) is 17.2 Å². The van der Waals surface area contributed by atoms with Crippen LogP contribution in [0.2, 0.25) is 0 Å². The lowest BCUT2D eigenvalue weighted by molar-refractivity contribution is 0.415. The molecule has 10 heteroatoms. The quantitative estimate of drug-likeness (QED) is 0.0975. The highest BCUT2D eigenvalue weighted by Crippen LogP contribution is 2.20. The lowest BCUT2D eigenvalue weighted by atomic mass is 9.93. The summed E-state index contributed by atoms with van der Waals surface area (Å²) in [5.41, 5.74) is 25.6. The maximum Gasteiger partial charge on any atom is 0.231 e. The lowest BCUT2D eigenvalue weighted by Crippen LogP contribution is -2.46. The van der Waals surface area contributed by atoms with Crippen molar-refractivity contribution in [1.82, 2.24) is 0 Å². The summed E-state index contributed by atoms with van der Waals surface area (Å²) in [7, 11) is 3.26. The highest BCUT2D eigenvalue weighted by atomic mass is 16.5. The van der Waals surface area contributed by atoms with Crippen LogP contribution in [-0.4, -0.2) is 26.4 Å². The average molecular weight is 531 g/mol. The van der Waals surface area contributed by atoms with Gasteiger partial charge in [0.05, 0.1) is 14.2 Å². The van der Waals surface area contributed by atoms with Gasteiger partial charge >= 0.3 is 0 Å². The van der Waals surface area contributed by atoms with Gasteiger partial charge in [0.2, 0.25) is 12.2 Å².